The zero-order valence-corrected chi connectivity index (χ0v) is 14.5. The summed E-state index contributed by atoms with van der Waals surface area (Å²) in [6.45, 7) is 2.91. The van der Waals surface area contributed by atoms with Gasteiger partial charge in [-0.2, -0.15) is 0 Å². The standard InChI is InChI=1S/C18H20N4OS/c1-12(17(23)14-11-19-15-8-5-4-7-13(14)15)24-18-21-20-16-9-3-2-6-10-22(16)18/h4-5,7-8,11-12,19H,2-3,6,9-10H2,1H3/t12-/m0/s1. The molecular formula is C18H20N4OS. The lowest BCUT2D eigenvalue weighted by molar-refractivity contribution is 0.0995. The van der Waals surface area contributed by atoms with Crippen LogP contribution in [0.3, 0.4) is 0 Å². The Morgan fingerprint density at radius 2 is 2.12 bits per heavy atom. The maximum Gasteiger partial charge on any atom is 0.191 e. The van der Waals surface area contributed by atoms with Crippen molar-refractivity contribution < 1.29 is 4.79 Å². The van der Waals surface area contributed by atoms with E-state index in [0.29, 0.717) is 0 Å². The van der Waals surface area contributed by atoms with Gasteiger partial charge in [0, 0.05) is 35.6 Å². The quantitative estimate of drug-likeness (QED) is 0.579. The second kappa shape index (κ2) is 6.43. The summed E-state index contributed by atoms with van der Waals surface area (Å²) in [5.74, 6) is 1.19. The second-order valence-electron chi connectivity index (χ2n) is 6.23. The third-order valence-corrected chi connectivity index (χ3v) is 5.66. The van der Waals surface area contributed by atoms with Crippen molar-refractivity contribution in [3.05, 3.63) is 41.9 Å². The van der Waals surface area contributed by atoms with Gasteiger partial charge in [-0.3, -0.25) is 4.79 Å². The van der Waals surface area contributed by atoms with E-state index < -0.39 is 0 Å². The van der Waals surface area contributed by atoms with Gasteiger partial charge < -0.3 is 9.55 Å². The number of ketones is 1. The van der Waals surface area contributed by atoms with Crippen LogP contribution in [0.5, 0.6) is 0 Å². The number of aryl methyl sites for hydroxylation is 1. The van der Waals surface area contributed by atoms with Crippen molar-refractivity contribution in [2.75, 3.05) is 0 Å². The highest BCUT2D eigenvalue weighted by atomic mass is 32.2. The summed E-state index contributed by atoms with van der Waals surface area (Å²) in [6, 6.07) is 7.90. The first-order chi connectivity index (χ1) is 11.7. The first-order valence-corrected chi connectivity index (χ1v) is 9.31. The molecule has 0 unspecified atom stereocenters. The molecule has 5 nitrogen and oxygen atoms in total. The number of rotatable bonds is 4. The van der Waals surface area contributed by atoms with E-state index in [1.165, 1.54) is 24.6 Å². The normalized spacial score (nSPS) is 15.9. The van der Waals surface area contributed by atoms with Crippen LogP contribution in [0.15, 0.2) is 35.6 Å². The molecule has 0 radical (unpaired) electrons. The van der Waals surface area contributed by atoms with E-state index in [1.54, 1.807) is 0 Å². The number of carbonyl (C=O) groups excluding carboxylic acids is 1. The van der Waals surface area contributed by atoms with Crippen LogP contribution >= 0.6 is 11.8 Å². The van der Waals surface area contributed by atoms with Crippen molar-refractivity contribution in [3.8, 4) is 0 Å². The SMILES string of the molecule is C[C@H](Sc1nnc2n1CCCCC2)C(=O)c1c[nH]c2ccccc12. The van der Waals surface area contributed by atoms with Crippen molar-refractivity contribution in [2.24, 2.45) is 0 Å². The van der Waals surface area contributed by atoms with Gasteiger partial charge >= 0.3 is 0 Å². The number of para-hydroxylation sites is 1. The van der Waals surface area contributed by atoms with Crippen LogP contribution < -0.4 is 0 Å². The molecule has 1 aliphatic rings. The summed E-state index contributed by atoms with van der Waals surface area (Å²) in [6.07, 6.45) is 6.36. The Morgan fingerprint density at radius 1 is 1.25 bits per heavy atom. The summed E-state index contributed by atoms with van der Waals surface area (Å²) in [7, 11) is 0. The van der Waals surface area contributed by atoms with Crippen molar-refractivity contribution in [1.82, 2.24) is 19.7 Å². The van der Waals surface area contributed by atoms with Gasteiger partial charge in [-0.25, -0.2) is 0 Å². The largest absolute Gasteiger partial charge is 0.360 e. The summed E-state index contributed by atoms with van der Waals surface area (Å²) in [4.78, 5) is 16.1. The second-order valence-corrected chi connectivity index (χ2v) is 7.54. The van der Waals surface area contributed by atoms with E-state index in [-0.39, 0.29) is 11.0 Å². The summed E-state index contributed by atoms with van der Waals surface area (Å²) in [5.41, 5.74) is 1.75. The van der Waals surface area contributed by atoms with Gasteiger partial charge in [0.2, 0.25) is 0 Å². The molecule has 0 fully saturated rings. The highest BCUT2D eigenvalue weighted by Gasteiger charge is 2.23. The van der Waals surface area contributed by atoms with Crippen LogP contribution in [0.25, 0.3) is 10.9 Å². The Hall–Kier alpha value is -2.08. The lowest BCUT2D eigenvalue weighted by Gasteiger charge is -2.11. The molecule has 0 spiro atoms. The Balaban J connectivity index is 1.57. The molecule has 0 aliphatic carbocycles. The highest BCUT2D eigenvalue weighted by molar-refractivity contribution is 8.00. The van der Waals surface area contributed by atoms with Gasteiger partial charge in [-0.15, -0.1) is 10.2 Å². The molecule has 3 aromatic rings. The molecule has 1 atom stereocenters. The molecule has 0 amide bonds. The topological polar surface area (TPSA) is 63.6 Å². The Morgan fingerprint density at radius 3 is 3.04 bits per heavy atom. The zero-order chi connectivity index (χ0) is 16.5. The third-order valence-electron chi connectivity index (χ3n) is 4.58. The van der Waals surface area contributed by atoms with Gasteiger partial charge in [-0.05, 0) is 25.8 Å². The van der Waals surface area contributed by atoms with Crippen LogP contribution in [0.4, 0.5) is 0 Å². The molecule has 0 bridgehead atoms. The number of thioether (sulfide) groups is 1. The summed E-state index contributed by atoms with van der Waals surface area (Å²) < 4.78 is 2.19. The van der Waals surface area contributed by atoms with E-state index >= 15 is 0 Å². The van der Waals surface area contributed by atoms with E-state index in [1.807, 2.05) is 37.4 Å². The summed E-state index contributed by atoms with van der Waals surface area (Å²) in [5, 5.41) is 10.3. The van der Waals surface area contributed by atoms with Crippen LogP contribution in [0.2, 0.25) is 0 Å². The van der Waals surface area contributed by atoms with Gasteiger partial charge in [0.05, 0.1) is 5.25 Å². The smallest absolute Gasteiger partial charge is 0.191 e. The third kappa shape index (κ3) is 2.75. The predicted octanol–water partition coefficient (Wildman–Crippen LogP) is 3.85. The average Bonchev–Trinajstić information content (AvgIpc) is 3.11. The van der Waals surface area contributed by atoms with Gasteiger partial charge in [0.25, 0.3) is 0 Å². The number of nitrogens with zero attached hydrogens (tertiary/aromatic N) is 3. The van der Waals surface area contributed by atoms with E-state index in [9.17, 15) is 4.79 Å². The van der Waals surface area contributed by atoms with Gasteiger partial charge in [-0.1, -0.05) is 36.4 Å². The number of nitrogens with one attached hydrogen (secondary N) is 1. The molecule has 1 aromatic carbocycles. The fourth-order valence-electron chi connectivity index (χ4n) is 3.25. The molecule has 1 aliphatic heterocycles. The van der Waals surface area contributed by atoms with Crippen LogP contribution in [0, 0.1) is 0 Å². The first kappa shape index (κ1) is 15.4. The van der Waals surface area contributed by atoms with Gasteiger partial charge in [0.1, 0.15) is 5.82 Å². The fraction of sp³-hybridized carbons (Fsp3) is 0.389. The number of benzene rings is 1. The minimum absolute atomic E-state index is 0.128. The molecule has 3 heterocycles. The van der Waals surface area contributed by atoms with Crippen LogP contribution in [-0.2, 0) is 13.0 Å². The molecule has 6 heteroatoms. The number of hydrogen-bond acceptors (Lipinski definition) is 4. The number of aromatic amines is 1. The minimum atomic E-state index is -0.194. The molecule has 0 saturated heterocycles. The molecule has 1 N–H and O–H groups in total. The van der Waals surface area contributed by atoms with Crippen molar-refractivity contribution in [1.29, 1.82) is 0 Å². The Labute approximate surface area is 144 Å². The minimum Gasteiger partial charge on any atom is -0.360 e. The Kier molecular flexibility index (Phi) is 4.14. The number of Topliss-reactive ketones (excluding diaryl/α,β-unsaturated/α-hetero) is 1. The van der Waals surface area contributed by atoms with Crippen LogP contribution in [0.1, 0.15) is 42.4 Å². The summed E-state index contributed by atoms with van der Waals surface area (Å²) >= 11 is 1.51. The van der Waals surface area contributed by atoms with Crippen molar-refractivity contribution in [2.45, 2.75) is 49.6 Å². The van der Waals surface area contributed by atoms with Crippen LogP contribution in [-0.4, -0.2) is 30.8 Å². The number of H-pyrrole nitrogens is 1. The monoisotopic (exact) mass is 340 g/mol. The maximum atomic E-state index is 12.9. The van der Waals surface area contributed by atoms with E-state index in [2.05, 4.69) is 19.7 Å². The number of carbonyl (C=O) groups is 1. The molecule has 2 aromatic heterocycles. The van der Waals surface area contributed by atoms with Crippen molar-refractivity contribution >= 4 is 28.4 Å². The highest BCUT2D eigenvalue weighted by Crippen LogP contribution is 2.29. The fourth-order valence-corrected chi connectivity index (χ4v) is 4.21. The molecule has 0 saturated carbocycles. The first-order valence-electron chi connectivity index (χ1n) is 8.43. The Bertz CT molecular complexity index is 882. The number of aromatic nitrogens is 4. The average molecular weight is 340 g/mol. The zero-order valence-electron chi connectivity index (χ0n) is 13.7. The molecule has 24 heavy (non-hydrogen) atoms. The lowest BCUT2D eigenvalue weighted by atomic mass is 10.1. The van der Waals surface area contributed by atoms with Gasteiger partial charge in [0.15, 0.2) is 10.9 Å². The predicted molar refractivity (Wildman–Crippen MR) is 95.5 cm³/mol. The number of hydrogen-bond donors (Lipinski definition) is 1. The van der Waals surface area contributed by atoms with Crippen molar-refractivity contribution in [3.63, 3.8) is 0 Å². The molecular weight excluding hydrogens is 320 g/mol. The molecule has 124 valence electrons. The maximum absolute atomic E-state index is 12.9. The lowest BCUT2D eigenvalue weighted by Crippen LogP contribution is -2.14. The molecule has 4 rings (SSSR count). The number of fused-ring (bicyclic) bond motifs is 2. The van der Waals surface area contributed by atoms with E-state index in [4.69, 9.17) is 0 Å². The van der Waals surface area contributed by atoms with E-state index in [0.717, 1.165) is 46.8 Å².